The van der Waals surface area contributed by atoms with Crippen molar-refractivity contribution < 1.29 is 31.1 Å². The zero-order valence-corrected chi connectivity index (χ0v) is 24.7. The van der Waals surface area contributed by atoms with E-state index >= 15 is 0 Å². The third kappa shape index (κ3) is 6.19. The Balaban J connectivity index is 1.70. The van der Waals surface area contributed by atoms with Gasteiger partial charge in [0.25, 0.3) is 15.9 Å². The molecule has 41 heavy (non-hydrogen) atoms. The number of amides is 1. The molecule has 224 valence electrons. The summed E-state index contributed by atoms with van der Waals surface area (Å²) in [5, 5.41) is 10.5. The fourth-order valence-electron chi connectivity index (χ4n) is 4.97. The lowest BCUT2D eigenvalue weighted by Gasteiger charge is -2.33. The number of aromatic amines is 1. The number of nitrogens with one attached hydrogen (secondary N) is 2. The van der Waals surface area contributed by atoms with Gasteiger partial charge in [0, 0.05) is 30.5 Å². The van der Waals surface area contributed by atoms with Gasteiger partial charge >= 0.3 is 6.18 Å². The molecule has 1 aliphatic heterocycles. The third-order valence-corrected chi connectivity index (χ3v) is 8.48. The molecule has 1 aliphatic rings. The highest BCUT2D eigenvalue weighted by atomic mass is 32.2. The van der Waals surface area contributed by atoms with Crippen molar-refractivity contribution in [1.82, 2.24) is 29.7 Å². The SMILES string of the molecule is Cc1n[nH]cc1S(=O)(=O)NC(=O)c1ccc(-n2ccc(OCC(C)(C)C(F)(F)F)n2)nc1N1CC(C)(C)CC1(C)C. The van der Waals surface area contributed by atoms with Crippen LogP contribution in [0.3, 0.4) is 0 Å². The second-order valence-electron chi connectivity index (χ2n) is 12.3. The van der Waals surface area contributed by atoms with Crippen LogP contribution < -0.4 is 14.4 Å². The predicted molar refractivity (Wildman–Crippen MR) is 144 cm³/mol. The summed E-state index contributed by atoms with van der Waals surface area (Å²) in [7, 11) is -4.23. The smallest absolute Gasteiger partial charge is 0.397 e. The summed E-state index contributed by atoms with van der Waals surface area (Å²) in [6.45, 7) is 11.7. The van der Waals surface area contributed by atoms with E-state index in [-0.39, 0.29) is 39.1 Å². The molecule has 0 spiro atoms. The Morgan fingerprint density at radius 1 is 1.17 bits per heavy atom. The molecule has 0 radical (unpaired) electrons. The molecule has 0 saturated carbocycles. The van der Waals surface area contributed by atoms with E-state index in [1.807, 2.05) is 18.7 Å². The van der Waals surface area contributed by atoms with Gasteiger partial charge in [0.15, 0.2) is 5.82 Å². The van der Waals surface area contributed by atoms with Crippen molar-refractivity contribution in [3.63, 3.8) is 0 Å². The minimum absolute atomic E-state index is 0.0276. The summed E-state index contributed by atoms with van der Waals surface area (Å²) in [4.78, 5) is 19.9. The number of ether oxygens (including phenoxy) is 1. The van der Waals surface area contributed by atoms with Gasteiger partial charge in [0.05, 0.1) is 16.7 Å². The molecule has 0 bridgehead atoms. The van der Waals surface area contributed by atoms with E-state index in [4.69, 9.17) is 9.72 Å². The number of sulfonamides is 1. The molecule has 0 aliphatic carbocycles. The number of halogens is 3. The number of pyridine rings is 1. The van der Waals surface area contributed by atoms with Crippen molar-refractivity contribution in [2.24, 2.45) is 10.8 Å². The highest BCUT2D eigenvalue weighted by molar-refractivity contribution is 7.90. The maximum atomic E-state index is 13.4. The molecule has 4 rings (SSSR count). The molecule has 1 saturated heterocycles. The van der Waals surface area contributed by atoms with Gasteiger partial charge in [-0.05, 0) is 58.6 Å². The van der Waals surface area contributed by atoms with Crippen LogP contribution in [0.25, 0.3) is 5.82 Å². The van der Waals surface area contributed by atoms with Crippen LogP contribution in [0.1, 0.15) is 64.0 Å². The fourth-order valence-corrected chi connectivity index (χ4v) is 6.08. The summed E-state index contributed by atoms with van der Waals surface area (Å²) < 4.78 is 74.3. The summed E-state index contributed by atoms with van der Waals surface area (Å²) in [5.41, 5.74) is -2.42. The Labute approximate surface area is 236 Å². The van der Waals surface area contributed by atoms with E-state index in [0.29, 0.717) is 6.54 Å². The first-order valence-corrected chi connectivity index (χ1v) is 14.3. The average molecular weight is 598 g/mol. The van der Waals surface area contributed by atoms with Crippen molar-refractivity contribution in [1.29, 1.82) is 0 Å². The van der Waals surface area contributed by atoms with Crippen LogP contribution in [0.4, 0.5) is 19.0 Å². The molecule has 3 aromatic heterocycles. The molecule has 1 fully saturated rings. The van der Waals surface area contributed by atoms with E-state index < -0.39 is 39.7 Å². The van der Waals surface area contributed by atoms with Gasteiger partial charge in [-0.3, -0.25) is 9.89 Å². The van der Waals surface area contributed by atoms with Gasteiger partial charge in [0.1, 0.15) is 17.3 Å². The Kier molecular flexibility index (Phi) is 7.42. The van der Waals surface area contributed by atoms with Crippen molar-refractivity contribution in [3.05, 3.63) is 41.9 Å². The summed E-state index contributed by atoms with van der Waals surface area (Å²) in [5.74, 6) is -0.405. The van der Waals surface area contributed by atoms with Crippen LogP contribution >= 0.6 is 0 Å². The minimum Gasteiger partial charge on any atom is -0.476 e. The second kappa shape index (κ2) is 10.0. The fraction of sp³-hybridized carbons (Fsp3) is 0.538. The largest absolute Gasteiger partial charge is 0.476 e. The van der Waals surface area contributed by atoms with Crippen molar-refractivity contribution in [2.75, 3.05) is 18.1 Å². The molecule has 3 aromatic rings. The van der Waals surface area contributed by atoms with Gasteiger partial charge in [0.2, 0.25) is 5.88 Å². The number of alkyl halides is 3. The van der Waals surface area contributed by atoms with Crippen LogP contribution in [0, 0.1) is 17.8 Å². The number of carbonyl (C=O) groups is 1. The lowest BCUT2D eigenvalue weighted by molar-refractivity contribution is -0.219. The number of H-pyrrole nitrogens is 1. The second-order valence-corrected chi connectivity index (χ2v) is 14.0. The van der Waals surface area contributed by atoms with Crippen LogP contribution in [0.15, 0.2) is 35.5 Å². The predicted octanol–water partition coefficient (Wildman–Crippen LogP) is 4.40. The van der Waals surface area contributed by atoms with Gasteiger partial charge < -0.3 is 9.64 Å². The van der Waals surface area contributed by atoms with Crippen molar-refractivity contribution in [3.8, 4) is 11.7 Å². The van der Waals surface area contributed by atoms with E-state index in [1.54, 1.807) is 0 Å². The first-order chi connectivity index (χ1) is 18.7. The molecule has 0 aromatic carbocycles. The monoisotopic (exact) mass is 597 g/mol. The lowest BCUT2D eigenvalue weighted by atomic mass is 9.86. The van der Waals surface area contributed by atoms with Gasteiger partial charge in [-0.2, -0.15) is 18.3 Å². The molecular weight excluding hydrogens is 563 g/mol. The summed E-state index contributed by atoms with van der Waals surface area (Å²) >= 11 is 0. The van der Waals surface area contributed by atoms with Crippen LogP contribution in [-0.2, 0) is 10.0 Å². The van der Waals surface area contributed by atoms with Crippen LogP contribution in [0.2, 0.25) is 0 Å². The maximum Gasteiger partial charge on any atom is 0.397 e. The van der Waals surface area contributed by atoms with Gasteiger partial charge in [-0.25, -0.2) is 22.8 Å². The normalized spacial score (nSPS) is 17.1. The number of nitrogens with zero attached hydrogens (tertiary/aromatic N) is 5. The molecule has 0 atom stereocenters. The first-order valence-electron chi connectivity index (χ1n) is 12.8. The number of aryl methyl sites for hydroxylation is 1. The Hall–Kier alpha value is -3.62. The number of rotatable bonds is 8. The molecule has 11 nitrogen and oxygen atoms in total. The first kappa shape index (κ1) is 30.3. The maximum absolute atomic E-state index is 13.4. The van der Waals surface area contributed by atoms with E-state index in [0.717, 1.165) is 20.3 Å². The quantitative estimate of drug-likeness (QED) is 0.390. The van der Waals surface area contributed by atoms with Gasteiger partial charge in [-0.1, -0.05) is 13.8 Å². The molecule has 0 unspecified atom stereocenters. The van der Waals surface area contributed by atoms with E-state index in [9.17, 15) is 26.4 Å². The Morgan fingerprint density at radius 3 is 2.41 bits per heavy atom. The van der Waals surface area contributed by atoms with Crippen LogP contribution in [0.5, 0.6) is 5.88 Å². The molecule has 4 heterocycles. The van der Waals surface area contributed by atoms with Crippen LogP contribution in [-0.4, -0.2) is 64.2 Å². The van der Waals surface area contributed by atoms with E-state index in [2.05, 4.69) is 33.9 Å². The zero-order valence-electron chi connectivity index (χ0n) is 23.9. The number of carbonyl (C=O) groups excluding carboxylic acids is 1. The Morgan fingerprint density at radius 2 is 1.85 bits per heavy atom. The van der Waals surface area contributed by atoms with E-state index in [1.165, 1.54) is 42.2 Å². The molecule has 2 N–H and O–H groups in total. The molecule has 15 heteroatoms. The number of hydrogen-bond donors (Lipinski definition) is 2. The summed E-state index contributed by atoms with van der Waals surface area (Å²) in [6, 6.07) is 4.33. The third-order valence-electron chi connectivity index (χ3n) is 7.04. The number of hydrogen-bond acceptors (Lipinski definition) is 8. The number of anilines is 1. The molecular formula is C26H34F3N7O4S. The topological polar surface area (TPSA) is 135 Å². The summed E-state index contributed by atoms with van der Waals surface area (Å²) in [6.07, 6.45) is -1.02. The minimum atomic E-state index is -4.46. The number of aromatic nitrogens is 5. The van der Waals surface area contributed by atoms with Gasteiger partial charge in [-0.15, -0.1) is 5.10 Å². The standard InChI is InChI=1S/C26H34F3N7O4S/c1-16-18(12-30-32-16)41(38,39)34-22(37)17-8-9-19(31-21(17)35-14-23(2,3)13-25(35,6)7)36-11-10-20(33-36)40-15-24(4,5)26(27,28)29/h8-12H,13-15H2,1-7H3,(H,30,32)(H,34,37). The zero-order chi connectivity index (χ0) is 30.6. The molecule has 1 amide bonds. The van der Waals surface area contributed by atoms with Crippen molar-refractivity contribution in [2.45, 2.75) is 71.5 Å². The highest BCUT2D eigenvalue weighted by Crippen LogP contribution is 2.44. The Bertz CT molecular complexity index is 1560. The highest BCUT2D eigenvalue weighted by Gasteiger charge is 2.48. The average Bonchev–Trinajstić information content (AvgIpc) is 3.53. The van der Waals surface area contributed by atoms with Crippen molar-refractivity contribution >= 4 is 21.7 Å². The lowest BCUT2D eigenvalue weighted by Crippen LogP contribution is -2.41.